The Morgan fingerprint density at radius 1 is 1.47 bits per heavy atom. The van der Waals surface area contributed by atoms with Crippen LogP contribution in [0.3, 0.4) is 0 Å². The third-order valence-corrected chi connectivity index (χ3v) is 2.76. The normalized spacial score (nSPS) is 14.2. The van der Waals surface area contributed by atoms with Crippen LogP contribution < -0.4 is 4.74 Å². The molecule has 1 aromatic rings. The number of hydrogen-bond acceptors (Lipinski definition) is 2. The SMILES string of the molecule is COc1cccc2c1CC=C2C(F)(F)C(=O)O. The van der Waals surface area contributed by atoms with Crippen LogP contribution in [0.5, 0.6) is 5.75 Å². The van der Waals surface area contributed by atoms with Crippen LogP contribution in [0, 0.1) is 0 Å². The molecule has 0 amide bonds. The molecule has 0 aliphatic heterocycles. The van der Waals surface area contributed by atoms with Crippen molar-refractivity contribution >= 4 is 11.5 Å². The molecule has 1 N–H and O–H groups in total. The average molecular weight is 240 g/mol. The summed E-state index contributed by atoms with van der Waals surface area (Å²) < 4.78 is 32.0. The second-order valence-corrected chi connectivity index (χ2v) is 3.69. The number of carbonyl (C=O) groups is 1. The van der Waals surface area contributed by atoms with Crippen LogP contribution in [0.15, 0.2) is 24.3 Å². The molecule has 0 fully saturated rings. The lowest BCUT2D eigenvalue weighted by Gasteiger charge is -2.14. The molecule has 0 heterocycles. The molecule has 2 rings (SSSR count). The first-order valence-corrected chi connectivity index (χ1v) is 4.96. The van der Waals surface area contributed by atoms with E-state index in [0.29, 0.717) is 11.3 Å². The average Bonchev–Trinajstić information content (AvgIpc) is 2.72. The molecule has 0 saturated heterocycles. The van der Waals surface area contributed by atoms with Gasteiger partial charge in [-0.05, 0) is 18.1 Å². The Morgan fingerprint density at radius 3 is 2.76 bits per heavy atom. The van der Waals surface area contributed by atoms with Crippen LogP contribution in [0.2, 0.25) is 0 Å². The topological polar surface area (TPSA) is 46.5 Å². The summed E-state index contributed by atoms with van der Waals surface area (Å²) in [6, 6.07) is 4.71. The summed E-state index contributed by atoms with van der Waals surface area (Å²) in [6.07, 6.45) is 1.50. The molecule has 17 heavy (non-hydrogen) atoms. The number of carboxylic acids is 1. The molecule has 0 atom stereocenters. The third kappa shape index (κ3) is 1.67. The Kier molecular flexibility index (Phi) is 2.61. The molecule has 0 saturated carbocycles. The molecular weight excluding hydrogens is 230 g/mol. The van der Waals surface area contributed by atoms with Gasteiger partial charge in [0.15, 0.2) is 0 Å². The van der Waals surface area contributed by atoms with E-state index in [0.717, 1.165) is 0 Å². The summed E-state index contributed by atoms with van der Waals surface area (Å²) in [5.41, 5.74) is 0.390. The number of hydrogen-bond donors (Lipinski definition) is 1. The van der Waals surface area contributed by atoms with Gasteiger partial charge in [0.05, 0.1) is 7.11 Å². The van der Waals surface area contributed by atoms with Crippen LogP contribution in [0.1, 0.15) is 11.1 Å². The minimum absolute atomic E-state index is 0.247. The summed E-state index contributed by atoms with van der Waals surface area (Å²) in [4.78, 5) is 10.6. The van der Waals surface area contributed by atoms with Crippen LogP contribution in [0.25, 0.3) is 5.57 Å². The molecule has 3 nitrogen and oxygen atoms in total. The fourth-order valence-electron chi connectivity index (χ4n) is 1.95. The number of benzene rings is 1. The van der Waals surface area contributed by atoms with E-state index >= 15 is 0 Å². The van der Waals surface area contributed by atoms with E-state index in [4.69, 9.17) is 9.84 Å². The lowest BCUT2D eigenvalue weighted by Crippen LogP contribution is -2.29. The van der Waals surface area contributed by atoms with Gasteiger partial charge in [-0.3, -0.25) is 0 Å². The minimum atomic E-state index is -3.86. The van der Waals surface area contributed by atoms with Crippen molar-refractivity contribution in [3.05, 3.63) is 35.4 Å². The number of fused-ring (bicyclic) bond motifs is 1. The molecule has 0 radical (unpaired) electrons. The van der Waals surface area contributed by atoms with Crippen LogP contribution in [-0.2, 0) is 11.2 Å². The van der Waals surface area contributed by atoms with Crippen LogP contribution in [-0.4, -0.2) is 24.1 Å². The van der Waals surface area contributed by atoms with E-state index in [9.17, 15) is 13.6 Å². The number of methoxy groups -OCH3 is 1. The highest BCUT2D eigenvalue weighted by molar-refractivity contribution is 5.95. The van der Waals surface area contributed by atoms with Gasteiger partial charge in [-0.15, -0.1) is 0 Å². The Morgan fingerprint density at radius 2 is 2.18 bits per heavy atom. The molecular formula is C12H10F2O3. The summed E-state index contributed by atoms with van der Waals surface area (Å²) in [5, 5.41) is 8.53. The first kappa shape index (κ1) is 11.6. The predicted molar refractivity (Wildman–Crippen MR) is 57.3 cm³/mol. The van der Waals surface area contributed by atoms with Crippen molar-refractivity contribution in [2.24, 2.45) is 0 Å². The van der Waals surface area contributed by atoms with Crippen molar-refractivity contribution in [2.45, 2.75) is 12.3 Å². The van der Waals surface area contributed by atoms with Crippen LogP contribution >= 0.6 is 0 Å². The van der Waals surface area contributed by atoms with E-state index in [1.54, 1.807) is 12.1 Å². The molecule has 1 aromatic carbocycles. The fourth-order valence-corrected chi connectivity index (χ4v) is 1.95. The highest BCUT2D eigenvalue weighted by Crippen LogP contribution is 2.41. The molecule has 1 aliphatic rings. The van der Waals surface area contributed by atoms with Gasteiger partial charge >= 0.3 is 11.9 Å². The van der Waals surface area contributed by atoms with Crippen LogP contribution in [0.4, 0.5) is 8.78 Å². The number of ether oxygens (including phenoxy) is 1. The number of halogens is 2. The number of rotatable bonds is 3. The quantitative estimate of drug-likeness (QED) is 0.882. The Balaban J connectivity index is 2.50. The first-order valence-electron chi connectivity index (χ1n) is 4.96. The molecule has 1 aliphatic carbocycles. The van der Waals surface area contributed by atoms with Crippen molar-refractivity contribution in [2.75, 3.05) is 7.11 Å². The molecule has 0 bridgehead atoms. The van der Waals surface area contributed by atoms with Crippen molar-refractivity contribution in [1.82, 2.24) is 0 Å². The number of alkyl halides is 2. The van der Waals surface area contributed by atoms with E-state index < -0.39 is 17.5 Å². The Bertz CT molecular complexity index is 506. The summed E-state index contributed by atoms with van der Waals surface area (Å²) >= 11 is 0. The van der Waals surface area contributed by atoms with Gasteiger partial charge in [-0.25, -0.2) is 4.79 Å². The van der Waals surface area contributed by atoms with Crippen molar-refractivity contribution < 1.29 is 23.4 Å². The Labute approximate surface area is 96.3 Å². The number of allylic oxidation sites excluding steroid dienone is 1. The van der Waals surface area contributed by atoms with Gasteiger partial charge in [0.25, 0.3) is 0 Å². The molecule has 0 spiro atoms. The van der Waals surface area contributed by atoms with Gasteiger partial charge in [0.2, 0.25) is 0 Å². The maximum Gasteiger partial charge on any atom is 0.379 e. The monoisotopic (exact) mass is 240 g/mol. The smallest absolute Gasteiger partial charge is 0.379 e. The van der Waals surface area contributed by atoms with E-state index in [1.807, 2.05) is 0 Å². The van der Waals surface area contributed by atoms with Gasteiger partial charge in [0, 0.05) is 11.1 Å². The van der Waals surface area contributed by atoms with Gasteiger partial charge in [-0.1, -0.05) is 18.2 Å². The first-order chi connectivity index (χ1) is 7.98. The van der Waals surface area contributed by atoms with E-state index in [-0.39, 0.29) is 12.0 Å². The second kappa shape index (κ2) is 3.84. The lowest BCUT2D eigenvalue weighted by molar-refractivity contribution is -0.156. The van der Waals surface area contributed by atoms with E-state index in [1.165, 1.54) is 19.3 Å². The summed E-state index contributed by atoms with van der Waals surface area (Å²) in [5.74, 6) is -5.51. The number of aliphatic carboxylic acids is 1. The Hall–Kier alpha value is -1.91. The molecule has 0 unspecified atom stereocenters. The zero-order chi connectivity index (χ0) is 12.6. The zero-order valence-corrected chi connectivity index (χ0v) is 9.04. The summed E-state index contributed by atoms with van der Waals surface area (Å²) in [7, 11) is 1.45. The van der Waals surface area contributed by atoms with Crippen molar-refractivity contribution in [3.8, 4) is 5.75 Å². The lowest BCUT2D eigenvalue weighted by atomic mass is 10.0. The molecule has 5 heteroatoms. The molecule has 0 aromatic heterocycles. The predicted octanol–water partition coefficient (Wildman–Crippen LogP) is 2.35. The van der Waals surface area contributed by atoms with Gasteiger partial charge in [-0.2, -0.15) is 8.78 Å². The van der Waals surface area contributed by atoms with Crippen molar-refractivity contribution in [1.29, 1.82) is 0 Å². The maximum atomic E-state index is 13.5. The van der Waals surface area contributed by atoms with Crippen molar-refractivity contribution in [3.63, 3.8) is 0 Å². The highest BCUT2D eigenvalue weighted by atomic mass is 19.3. The summed E-state index contributed by atoms with van der Waals surface area (Å²) in [6.45, 7) is 0. The van der Waals surface area contributed by atoms with Gasteiger partial charge in [0.1, 0.15) is 5.75 Å². The third-order valence-electron chi connectivity index (χ3n) is 2.76. The minimum Gasteiger partial charge on any atom is -0.496 e. The standard InChI is InChI=1S/C12H10F2O3/c1-17-10-4-2-3-7-8(10)5-6-9(7)12(13,14)11(15)16/h2-4,6H,5H2,1H3,(H,15,16). The largest absolute Gasteiger partial charge is 0.496 e. The highest BCUT2D eigenvalue weighted by Gasteiger charge is 2.46. The van der Waals surface area contributed by atoms with E-state index in [2.05, 4.69) is 0 Å². The second-order valence-electron chi connectivity index (χ2n) is 3.69. The number of carboxylic acid groups (broad SMARTS) is 1. The zero-order valence-electron chi connectivity index (χ0n) is 9.04. The van der Waals surface area contributed by atoms with Gasteiger partial charge < -0.3 is 9.84 Å². The maximum absolute atomic E-state index is 13.5. The fraction of sp³-hybridized carbons (Fsp3) is 0.250. The molecule has 90 valence electrons.